The van der Waals surface area contributed by atoms with Crippen LogP contribution in [-0.4, -0.2) is 87.9 Å². The summed E-state index contributed by atoms with van der Waals surface area (Å²) in [6.07, 6.45) is -1.26. The lowest BCUT2D eigenvalue weighted by atomic mass is 9.97. The van der Waals surface area contributed by atoms with E-state index in [1.165, 1.54) is 11.8 Å². The van der Waals surface area contributed by atoms with Crippen LogP contribution in [0.25, 0.3) is 0 Å². The summed E-state index contributed by atoms with van der Waals surface area (Å²) in [7, 11) is 1.55. The quantitative estimate of drug-likeness (QED) is 0.281. The Morgan fingerprint density at radius 2 is 1.62 bits per heavy atom. The highest BCUT2D eigenvalue weighted by Gasteiger charge is 2.48. The number of nitrogens with one attached hydrogen (secondary N) is 2. The van der Waals surface area contributed by atoms with Crippen molar-refractivity contribution in [1.82, 2.24) is 15.5 Å². The van der Waals surface area contributed by atoms with Crippen LogP contribution in [0.2, 0.25) is 0 Å². The van der Waals surface area contributed by atoms with Gasteiger partial charge in [0, 0.05) is 13.0 Å². The Morgan fingerprint density at radius 3 is 2.12 bits per heavy atom. The van der Waals surface area contributed by atoms with Crippen LogP contribution < -0.4 is 15.4 Å². The Labute approximate surface area is 237 Å². The van der Waals surface area contributed by atoms with Gasteiger partial charge >= 0.3 is 5.97 Å². The summed E-state index contributed by atoms with van der Waals surface area (Å²) in [5.74, 6) is -1.56. The van der Waals surface area contributed by atoms with Crippen molar-refractivity contribution in [1.29, 1.82) is 0 Å². The van der Waals surface area contributed by atoms with Crippen LogP contribution in [0.3, 0.4) is 0 Å². The summed E-state index contributed by atoms with van der Waals surface area (Å²) in [6.45, 7) is 14.3. The predicted molar refractivity (Wildman–Crippen MR) is 150 cm³/mol. The predicted octanol–water partition coefficient (Wildman–Crippen LogP) is 2.44. The van der Waals surface area contributed by atoms with E-state index in [0.29, 0.717) is 18.6 Å². The molecule has 0 saturated carbocycles. The molecule has 1 saturated heterocycles. The van der Waals surface area contributed by atoms with E-state index in [1.807, 2.05) is 20.8 Å². The Morgan fingerprint density at radius 1 is 1.05 bits per heavy atom. The second-order valence-corrected chi connectivity index (χ2v) is 12.4. The molecule has 0 aliphatic carbocycles. The van der Waals surface area contributed by atoms with Gasteiger partial charge in [0.2, 0.25) is 18.2 Å². The largest absolute Gasteiger partial charge is 0.497 e. The van der Waals surface area contributed by atoms with Crippen LogP contribution >= 0.6 is 0 Å². The number of aliphatic carboxylic acids is 1. The van der Waals surface area contributed by atoms with Crippen LogP contribution in [0.5, 0.6) is 5.75 Å². The highest BCUT2D eigenvalue weighted by Crippen LogP contribution is 2.30. The summed E-state index contributed by atoms with van der Waals surface area (Å²) in [5.41, 5.74) is -1.94. The maximum Gasteiger partial charge on any atom is 0.329 e. The maximum atomic E-state index is 13.9. The first kappa shape index (κ1) is 33.5. The molecule has 1 fully saturated rings. The molecule has 1 aromatic carbocycles. The molecule has 226 valence electrons. The first-order valence-electron chi connectivity index (χ1n) is 13.6. The van der Waals surface area contributed by atoms with Crippen molar-refractivity contribution in [2.75, 3.05) is 13.7 Å². The molecule has 0 spiro atoms. The monoisotopic (exact) mass is 565 g/mol. The van der Waals surface area contributed by atoms with Crippen molar-refractivity contribution in [3.63, 3.8) is 0 Å². The SMILES string of the molecule is COc1ccc(C[C@H](NC(=O)[C@@H](NC(O)OC(C)(C)C)[C@H](C)OC(C)(C)C)C(=O)N2CCC[C@@]2(C)C(=O)O)cc1. The minimum atomic E-state index is -1.49. The molecule has 1 aliphatic heterocycles. The van der Waals surface area contributed by atoms with Crippen molar-refractivity contribution >= 4 is 17.8 Å². The number of carboxylic acid groups (broad SMARTS) is 1. The number of benzene rings is 1. The summed E-state index contributed by atoms with van der Waals surface area (Å²) < 4.78 is 16.8. The van der Waals surface area contributed by atoms with Crippen LogP contribution in [0.1, 0.15) is 73.8 Å². The zero-order valence-corrected chi connectivity index (χ0v) is 25.2. The van der Waals surface area contributed by atoms with Crippen LogP contribution in [-0.2, 0) is 30.3 Å². The smallest absolute Gasteiger partial charge is 0.329 e. The second-order valence-electron chi connectivity index (χ2n) is 12.4. The fourth-order valence-corrected chi connectivity index (χ4v) is 4.76. The van der Waals surface area contributed by atoms with E-state index < -0.39 is 59.1 Å². The lowest BCUT2D eigenvalue weighted by Crippen LogP contribution is -2.62. The number of aliphatic hydroxyl groups is 1. The topological polar surface area (TPSA) is 147 Å². The molecule has 0 radical (unpaired) electrons. The van der Waals surface area contributed by atoms with Crippen molar-refractivity contribution < 1.29 is 38.8 Å². The summed E-state index contributed by atoms with van der Waals surface area (Å²) in [6, 6.07) is 4.89. The number of nitrogens with zero attached hydrogens (tertiary/aromatic N) is 1. The average molecular weight is 566 g/mol. The number of hydrogen-bond acceptors (Lipinski definition) is 8. The van der Waals surface area contributed by atoms with Gasteiger partial charge in [0.1, 0.15) is 23.4 Å². The molecule has 11 nitrogen and oxygen atoms in total. The molecule has 2 amide bonds. The second kappa shape index (κ2) is 13.3. The number of amides is 2. The lowest BCUT2D eigenvalue weighted by Gasteiger charge is -2.36. The fraction of sp³-hybridized carbons (Fsp3) is 0.690. The van der Waals surface area contributed by atoms with Crippen molar-refractivity contribution in [2.45, 2.75) is 116 Å². The molecule has 1 aromatic rings. The molecule has 5 atom stereocenters. The fourth-order valence-electron chi connectivity index (χ4n) is 4.76. The molecule has 1 unspecified atom stereocenters. The minimum Gasteiger partial charge on any atom is -0.497 e. The zero-order valence-electron chi connectivity index (χ0n) is 25.2. The number of methoxy groups -OCH3 is 1. The third kappa shape index (κ3) is 9.43. The van der Waals surface area contributed by atoms with Gasteiger partial charge in [-0.1, -0.05) is 12.1 Å². The van der Waals surface area contributed by atoms with Crippen molar-refractivity contribution in [2.24, 2.45) is 0 Å². The van der Waals surface area contributed by atoms with E-state index in [1.54, 1.807) is 59.1 Å². The van der Waals surface area contributed by atoms with Gasteiger partial charge in [-0.15, -0.1) is 0 Å². The van der Waals surface area contributed by atoms with Crippen LogP contribution in [0.4, 0.5) is 0 Å². The molecular weight excluding hydrogens is 518 g/mol. The number of hydrogen-bond donors (Lipinski definition) is 4. The van der Waals surface area contributed by atoms with Crippen LogP contribution in [0.15, 0.2) is 24.3 Å². The summed E-state index contributed by atoms with van der Waals surface area (Å²) in [5, 5.41) is 26.1. The number of likely N-dealkylation sites (tertiary alicyclic amines) is 1. The Hall–Kier alpha value is -2.73. The molecule has 0 bridgehead atoms. The third-order valence-electron chi connectivity index (χ3n) is 6.66. The van der Waals surface area contributed by atoms with Gasteiger partial charge < -0.3 is 34.6 Å². The van der Waals surface area contributed by atoms with Crippen LogP contribution in [0, 0.1) is 0 Å². The Balaban J connectivity index is 2.40. The maximum absolute atomic E-state index is 13.9. The van der Waals surface area contributed by atoms with Crippen molar-refractivity contribution in [3.05, 3.63) is 29.8 Å². The Bertz CT molecular complexity index is 1020. The molecule has 40 heavy (non-hydrogen) atoms. The van der Waals surface area contributed by atoms with E-state index in [2.05, 4.69) is 10.6 Å². The number of carboxylic acids is 1. The van der Waals surface area contributed by atoms with Gasteiger partial charge in [0.05, 0.1) is 24.4 Å². The lowest BCUT2D eigenvalue weighted by molar-refractivity contribution is -0.194. The van der Waals surface area contributed by atoms with Gasteiger partial charge in [-0.25, -0.2) is 4.79 Å². The van der Waals surface area contributed by atoms with Gasteiger partial charge in [-0.05, 0) is 85.9 Å². The first-order chi connectivity index (χ1) is 18.4. The highest BCUT2D eigenvalue weighted by atomic mass is 16.6. The molecule has 4 N–H and O–H groups in total. The molecule has 2 rings (SSSR count). The number of carbonyl (C=O) groups excluding carboxylic acids is 2. The van der Waals surface area contributed by atoms with E-state index in [4.69, 9.17) is 14.2 Å². The summed E-state index contributed by atoms with van der Waals surface area (Å²) >= 11 is 0. The van der Waals surface area contributed by atoms with E-state index in [0.717, 1.165) is 5.56 Å². The number of aliphatic hydroxyl groups excluding tert-OH is 1. The third-order valence-corrected chi connectivity index (χ3v) is 6.66. The van der Waals surface area contributed by atoms with Gasteiger partial charge in [-0.2, -0.15) is 0 Å². The molecule has 0 aromatic heterocycles. The van der Waals surface area contributed by atoms with Gasteiger partial charge in [-0.3, -0.25) is 14.9 Å². The van der Waals surface area contributed by atoms with E-state index in [-0.39, 0.29) is 13.0 Å². The number of ether oxygens (including phenoxy) is 3. The normalized spacial score (nSPS) is 20.9. The molecule has 1 heterocycles. The number of carbonyl (C=O) groups is 3. The number of rotatable bonds is 12. The minimum absolute atomic E-state index is 0.114. The van der Waals surface area contributed by atoms with E-state index >= 15 is 0 Å². The van der Waals surface area contributed by atoms with Gasteiger partial charge in [0.15, 0.2) is 0 Å². The molecule has 1 aliphatic rings. The zero-order chi connectivity index (χ0) is 30.5. The van der Waals surface area contributed by atoms with Crippen molar-refractivity contribution in [3.8, 4) is 5.75 Å². The standard InChI is InChI=1S/C29H47N3O8/c1-18(39-27(2,3)4)22(31-26(37)40-28(5,6)7)23(33)30-21(17-19-11-13-20(38-9)14-12-19)24(34)32-16-10-15-29(32,8)25(35)36/h11-14,18,21-22,26,31,37H,10,15-17H2,1-9H3,(H,30,33)(H,35,36)/t18-,21-,22-,26?,29-/m0/s1. The first-order valence-corrected chi connectivity index (χ1v) is 13.6. The molecular formula is C29H47N3O8. The van der Waals surface area contributed by atoms with E-state index in [9.17, 15) is 24.6 Å². The summed E-state index contributed by atoms with van der Waals surface area (Å²) in [4.78, 5) is 41.1. The molecule has 11 heteroatoms. The average Bonchev–Trinajstić information content (AvgIpc) is 3.22. The van der Waals surface area contributed by atoms with Gasteiger partial charge in [0.25, 0.3) is 0 Å². The highest BCUT2D eigenvalue weighted by molar-refractivity contribution is 5.93. The Kier molecular flexibility index (Phi) is 11.1.